The van der Waals surface area contributed by atoms with Gasteiger partial charge in [0.15, 0.2) is 16.9 Å². The first-order valence-electron chi connectivity index (χ1n) is 10.7. The number of hydrogen-bond donors (Lipinski definition) is 1. The Labute approximate surface area is 190 Å². The van der Waals surface area contributed by atoms with Gasteiger partial charge in [0.2, 0.25) is 5.76 Å². The van der Waals surface area contributed by atoms with Crippen LogP contribution in [0.2, 0.25) is 0 Å². The molecule has 1 N–H and O–H groups in total. The Hall–Kier alpha value is -4.06. The summed E-state index contributed by atoms with van der Waals surface area (Å²) >= 11 is 0. The number of methoxy groups -OCH3 is 1. The molecule has 166 valence electrons. The van der Waals surface area contributed by atoms with Crippen molar-refractivity contribution in [1.82, 2.24) is 4.90 Å². The van der Waals surface area contributed by atoms with E-state index in [4.69, 9.17) is 9.15 Å². The van der Waals surface area contributed by atoms with Crippen LogP contribution in [-0.4, -0.2) is 23.0 Å². The lowest BCUT2D eigenvalue weighted by Crippen LogP contribution is -2.29. The first-order chi connectivity index (χ1) is 15.9. The molecule has 1 aliphatic rings. The molecule has 1 unspecified atom stereocenters. The predicted octanol–water partition coefficient (Wildman–Crippen LogP) is 4.87. The number of amides is 1. The van der Waals surface area contributed by atoms with Crippen LogP contribution in [0.4, 0.5) is 0 Å². The largest absolute Gasteiger partial charge is 0.504 e. The third-order valence-electron chi connectivity index (χ3n) is 6.11. The molecule has 1 aromatic heterocycles. The van der Waals surface area contributed by atoms with E-state index in [2.05, 4.69) is 0 Å². The van der Waals surface area contributed by atoms with Crippen LogP contribution in [0, 0.1) is 13.8 Å². The summed E-state index contributed by atoms with van der Waals surface area (Å²) in [6, 6.07) is 17.5. The molecule has 0 radical (unpaired) electrons. The number of carbonyl (C=O) groups is 1. The molecule has 4 aromatic rings. The number of nitrogens with zero attached hydrogens (tertiary/aromatic N) is 1. The zero-order valence-electron chi connectivity index (χ0n) is 18.6. The summed E-state index contributed by atoms with van der Waals surface area (Å²) in [5.74, 6) is -0.0283. The maximum absolute atomic E-state index is 13.8. The molecule has 0 saturated carbocycles. The van der Waals surface area contributed by atoms with Crippen LogP contribution in [0.5, 0.6) is 11.5 Å². The highest BCUT2D eigenvalue weighted by Crippen LogP contribution is 2.41. The predicted molar refractivity (Wildman–Crippen MR) is 125 cm³/mol. The lowest BCUT2D eigenvalue weighted by molar-refractivity contribution is 0.0714. The Bertz CT molecular complexity index is 1460. The fourth-order valence-electron chi connectivity index (χ4n) is 4.63. The number of ether oxygens (including phenoxy) is 1. The second-order valence-corrected chi connectivity index (χ2v) is 8.38. The highest BCUT2D eigenvalue weighted by molar-refractivity contribution is 5.99. The van der Waals surface area contributed by atoms with E-state index in [1.165, 1.54) is 13.2 Å². The van der Waals surface area contributed by atoms with Crippen molar-refractivity contribution in [3.63, 3.8) is 0 Å². The third-order valence-corrected chi connectivity index (χ3v) is 6.11. The van der Waals surface area contributed by atoms with Gasteiger partial charge in [-0.1, -0.05) is 42.5 Å². The number of benzene rings is 3. The molecule has 1 aliphatic heterocycles. The van der Waals surface area contributed by atoms with E-state index < -0.39 is 6.04 Å². The number of aromatic hydroxyl groups is 1. The first-order valence-corrected chi connectivity index (χ1v) is 10.7. The van der Waals surface area contributed by atoms with E-state index in [1.807, 2.05) is 50.2 Å². The molecule has 33 heavy (non-hydrogen) atoms. The molecule has 6 nitrogen and oxygen atoms in total. The number of aryl methyl sites for hydroxylation is 2. The first kappa shape index (κ1) is 20.8. The van der Waals surface area contributed by atoms with Gasteiger partial charge < -0.3 is 19.2 Å². The van der Waals surface area contributed by atoms with Gasteiger partial charge in [0, 0.05) is 6.54 Å². The number of fused-ring (bicyclic) bond motifs is 2. The molecular formula is C27H23NO5. The minimum Gasteiger partial charge on any atom is -0.504 e. The smallest absolute Gasteiger partial charge is 0.291 e. The van der Waals surface area contributed by atoms with E-state index >= 15 is 0 Å². The van der Waals surface area contributed by atoms with Crippen molar-refractivity contribution in [2.75, 3.05) is 7.11 Å². The molecule has 2 heterocycles. The molecule has 0 fully saturated rings. The molecule has 0 bridgehead atoms. The van der Waals surface area contributed by atoms with Crippen molar-refractivity contribution in [3.8, 4) is 11.5 Å². The van der Waals surface area contributed by atoms with Crippen molar-refractivity contribution in [3.05, 3.63) is 104 Å². The van der Waals surface area contributed by atoms with Crippen LogP contribution < -0.4 is 10.2 Å². The fourth-order valence-corrected chi connectivity index (χ4v) is 4.63. The lowest BCUT2D eigenvalue weighted by atomic mass is 9.97. The molecule has 1 atom stereocenters. The third kappa shape index (κ3) is 3.35. The van der Waals surface area contributed by atoms with Gasteiger partial charge in [-0.25, -0.2) is 0 Å². The number of carbonyl (C=O) groups excluding carboxylic acids is 1. The standard InChI is InChI=1S/C27H23NO5/c1-15-11-16(2)25-19(12-15)24(30)22-23(18-9-10-20(29)21(13-18)32-3)28(27(31)26(22)33-25)14-17-7-5-4-6-8-17/h4-13,23,29H,14H2,1-3H3. The van der Waals surface area contributed by atoms with Crippen LogP contribution in [0.1, 0.15) is 44.4 Å². The van der Waals surface area contributed by atoms with Crippen molar-refractivity contribution >= 4 is 16.9 Å². The molecule has 6 heteroatoms. The molecule has 0 aliphatic carbocycles. The van der Waals surface area contributed by atoms with Crippen LogP contribution in [0.15, 0.2) is 69.9 Å². The molecule has 1 amide bonds. The summed E-state index contributed by atoms with van der Waals surface area (Å²) in [6.07, 6.45) is 0. The van der Waals surface area contributed by atoms with Crippen molar-refractivity contribution in [2.45, 2.75) is 26.4 Å². The van der Waals surface area contributed by atoms with Gasteiger partial charge in [-0.05, 0) is 54.3 Å². The molecule has 0 spiro atoms. The lowest BCUT2D eigenvalue weighted by Gasteiger charge is -2.25. The van der Waals surface area contributed by atoms with Gasteiger partial charge in [-0.2, -0.15) is 0 Å². The van der Waals surface area contributed by atoms with E-state index in [9.17, 15) is 14.7 Å². The van der Waals surface area contributed by atoms with Gasteiger partial charge in [0.05, 0.1) is 24.1 Å². The maximum Gasteiger partial charge on any atom is 0.291 e. The van der Waals surface area contributed by atoms with E-state index in [1.54, 1.807) is 23.1 Å². The summed E-state index contributed by atoms with van der Waals surface area (Å²) in [6.45, 7) is 4.09. The summed E-state index contributed by atoms with van der Waals surface area (Å²) in [7, 11) is 1.46. The van der Waals surface area contributed by atoms with E-state index in [0.29, 0.717) is 28.6 Å². The average molecular weight is 441 g/mol. The zero-order valence-corrected chi connectivity index (χ0v) is 18.6. The SMILES string of the molecule is COc1cc(C2c3c(oc4c(C)cc(C)cc4c3=O)C(=O)N2Cc2ccccc2)ccc1O. The average Bonchev–Trinajstić information content (AvgIpc) is 3.08. The van der Waals surface area contributed by atoms with Crippen LogP contribution in [-0.2, 0) is 6.54 Å². The second kappa shape index (κ2) is 7.81. The number of hydrogen-bond acceptors (Lipinski definition) is 5. The van der Waals surface area contributed by atoms with Gasteiger partial charge in [0.1, 0.15) is 5.58 Å². The van der Waals surface area contributed by atoms with Crippen LogP contribution in [0.3, 0.4) is 0 Å². The molecule has 3 aromatic carbocycles. The van der Waals surface area contributed by atoms with Crippen LogP contribution in [0.25, 0.3) is 11.0 Å². The number of rotatable bonds is 4. The Kier molecular flexibility index (Phi) is 4.93. The fraction of sp³-hybridized carbons (Fsp3) is 0.185. The Morgan fingerprint density at radius 3 is 2.52 bits per heavy atom. The van der Waals surface area contributed by atoms with Gasteiger partial charge in [0.25, 0.3) is 5.91 Å². The minimum atomic E-state index is -0.677. The molecule has 5 rings (SSSR count). The highest BCUT2D eigenvalue weighted by atomic mass is 16.5. The Morgan fingerprint density at radius 1 is 1.03 bits per heavy atom. The summed E-state index contributed by atoms with van der Waals surface area (Å²) in [5, 5.41) is 10.6. The molecule has 0 saturated heterocycles. The highest BCUT2D eigenvalue weighted by Gasteiger charge is 2.43. The van der Waals surface area contributed by atoms with Gasteiger partial charge in [-0.3, -0.25) is 9.59 Å². The maximum atomic E-state index is 13.8. The Balaban J connectivity index is 1.77. The number of phenolic OH excluding ortho intramolecular Hbond substituents is 1. The topological polar surface area (TPSA) is 80.0 Å². The van der Waals surface area contributed by atoms with Crippen molar-refractivity contribution in [2.24, 2.45) is 0 Å². The quantitative estimate of drug-likeness (QED) is 0.489. The summed E-state index contributed by atoms with van der Waals surface area (Å²) in [4.78, 5) is 29.0. The monoisotopic (exact) mass is 441 g/mol. The minimum absolute atomic E-state index is 0.0165. The van der Waals surface area contributed by atoms with Crippen molar-refractivity contribution in [1.29, 1.82) is 0 Å². The second-order valence-electron chi connectivity index (χ2n) is 8.38. The van der Waals surface area contributed by atoms with E-state index in [0.717, 1.165) is 16.7 Å². The summed E-state index contributed by atoms with van der Waals surface area (Å²) < 4.78 is 11.4. The van der Waals surface area contributed by atoms with Crippen LogP contribution >= 0.6 is 0 Å². The van der Waals surface area contributed by atoms with Crippen molar-refractivity contribution < 1.29 is 19.1 Å². The normalized spacial score (nSPS) is 15.2. The zero-order chi connectivity index (χ0) is 23.3. The molecular weight excluding hydrogens is 418 g/mol. The van der Waals surface area contributed by atoms with Gasteiger partial charge in [-0.15, -0.1) is 0 Å². The van der Waals surface area contributed by atoms with Gasteiger partial charge >= 0.3 is 0 Å². The van der Waals surface area contributed by atoms with E-state index in [-0.39, 0.29) is 28.6 Å². The number of phenols is 1. The summed E-state index contributed by atoms with van der Waals surface area (Å²) in [5.41, 5.74) is 3.85. The Morgan fingerprint density at radius 2 is 1.79 bits per heavy atom.